The molecule has 0 amide bonds. The zero-order chi connectivity index (χ0) is 11.5. The van der Waals surface area contributed by atoms with Crippen molar-refractivity contribution in [1.82, 2.24) is 10.2 Å². The minimum absolute atomic E-state index is 0.250. The predicted molar refractivity (Wildman–Crippen MR) is 63.0 cm³/mol. The Kier molecular flexibility index (Phi) is 4.29. The average molecular weight is 212 g/mol. The highest BCUT2D eigenvalue weighted by Crippen LogP contribution is 2.23. The predicted octanol–water partition coefficient (Wildman–Crippen LogP) is 1.43. The Morgan fingerprint density at radius 3 is 2.27 bits per heavy atom. The third-order valence-electron chi connectivity index (χ3n) is 3.40. The van der Waals surface area contributed by atoms with Crippen LogP contribution in [0.25, 0.3) is 0 Å². The number of nitrogens with one attached hydrogen (secondary N) is 1. The van der Waals surface area contributed by atoms with Gasteiger partial charge in [0.25, 0.3) is 0 Å². The molecule has 1 saturated heterocycles. The van der Waals surface area contributed by atoms with Gasteiger partial charge in [0.15, 0.2) is 0 Å². The lowest BCUT2D eigenvalue weighted by Crippen LogP contribution is -2.59. The van der Waals surface area contributed by atoms with Gasteiger partial charge in [0.1, 0.15) is 5.78 Å². The number of nitrogens with zero attached hydrogens (tertiary/aromatic N) is 1. The summed E-state index contributed by atoms with van der Waals surface area (Å²) in [6.07, 6.45) is 1.91. The van der Waals surface area contributed by atoms with E-state index in [1.54, 1.807) is 6.92 Å². The molecule has 0 aliphatic carbocycles. The summed E-state index contributed by atoms with van der Waals surface area (Å²) in [6.45, 7) is 11.3. The van der Waals surface area contributed by atoms with Gasteiger partial charge in [-0.05, 0) is 40.2 Å². The fourth-order valence-electron chi connectivity index (χ4n) is 2.40. The number of likely N-dealkylation sites (tertiary alicyclic amines) is 1. The largest absolute Gasteiger partial charge is 0.303 e. The van der Waals surface area contributed by atoms with Crippen molar-refractivity contribution in [3.05, 3.63) is 0 Å². The van der Waals surface area contributed by atoms with Crippen molar-refractivity contribution in [2.24, 2.45) is 0 Å². The highest BCUT2D eigenvalue weighted by molar-refractivity contribution is 5.86. The van der Waals surface area contributed by atoms with Crippen molar-refractivity contribution < 1.29 is 4.79 Å². The van der Waals surface area contributed by atoms with Gasteiger partial charge in [0.2, 0.25) is 0 Å². The third-order valence-corrected chi connectivity index (χ3v) is 3.40. The molecule has 0 saturated carbocycles. The molecule has 1 heterocycles. The summed E-state index contributed by atoms with van der Waals surface area (Å²) in [4.78, 5) is 14.2. The van der Waals surface area contributed by atoms with E-state index in [4.69, 9.17) is 0 Å². The molecule has 3 heteroatoms. The van der Waals surface area contributed by atoms with Crippen molar-refractivity contribution in [2.45, 2.75) is 52.1 Å². The van der Waals surface area contributed by atoms with E-state index in [1.807, 2.05) is 0 Å². The Morgan fingerprint density at radius 1 is 1.40 bits per heavy atom. The van der Waals surface area contributed by atoms with E-state index in [-0.39, 0.29) is 5.54 Å². The van der Waals surface area contributed by atoms with Gasteiger partial charge in [-0.1, -0.05) is 6.92 Å². The summed E-state index contributed by atoms with van der Waals surface area (Å²) in [6, 6.07) is 0.377. The van der Waals surface area contributed by atoms with E-state index >= 15 is 0 Å². The molecular weight excluding hydrogens is 188 g/mol. The maximum atomic E-state index is 11.8. The van der Waals surface area contributed by atoms with Crippen molar-refractivity contribution in [3.63, 3.8) is 0 Å². The first-order valence-electron chi connectivity index (χ1n) is 6.01. The van der Waals surface area contributed by atoms with Crippen LogP contribution in [0.1, 0.15) is 40.5 Å². The molecule has 1 N–H and O–H groups in total. The molecule has 0 atom stereocenters. The number of piperidine rings is 1. The number of Topliss-reactive ketones (excluding diaryl/α,β-unsaturated/α-hetero) is 1. The molecule has 1 aliphatic heterocycles. The Balaban J connectivity index is 2.65. The Morgan fingerprint density at radius 2 is 1.93 bits per heavy atom. The van der Waals surface area contributed by atoms with Crippen molar-refractivity contribution >= 4 is 5.78 Å². The molecular formula is C12H24N2O. The van der Waals surface area contributed by atoms with Gasteiger partial charge in [-0.25, -0.2) is 0 Å². The summed E-state index contributed by atoms with van der Waals surface area (Å²) in [5.41, 5.74) is -0.250. The molecule has 88 valence electrons. The highest BCUT2D eigenvalue weighted by atomic mass is 16.1. The normalized spacial score (nSPS) is 21.9. The van der Waals surface area contributed by atoms with Gasteiger partial charge in [-0.2, -0.15) is 0 Å². The van der Waals surface area contributed by atoms with Crippen molar-refractivity contribution in [3.8, 4) is 0 Å². The fraction of sp³-hybridized carbons (Fsp3) is 0.917. The summed E-state index contributed by atoms with van der Waals surface area (Å²) < 4.78 is 0. The standard InChI is InChI=1S/C12H24N2O/c1-5-14-8-6-12(7-9-14,11(4)15)13-10(2)3/h10,13H,5-9H2,1-4H3. The van der Waals surface area contributed by atoms with Crippen LogP contribution in [0.5, 0.6) is 0 Å². The molecule has 0 aromatic carbocycles. The van der Waals surface area contributed by atoms with E-state index < -0.39 is 0 Å². The van der Waals surface area contributed by atoms with Gasteiger partial charge >= 0.3 is 0 Å². The Bertz CT molecular complexity index is 218. The molecule has 0 aromatic rings. The van der Waals surface area contributed by atoms with Gasteiger partial charge in [0.05, 0.1) is 5.54 Å². The lowest BCUT2D eigenvalue weighted by atomic mass is 9.83. The van der Waals surface area contributed by atoms with Crippen LogP contribution in [0, 0.1) is 0 Å². The van der Waals surface area contributed by atoms with Gasteiger partial charge in [-0.3, -0.25) is 4.79 Å². The summed E-state index contributed by atoms with van der Waals surface area (Å²) in [5.74, 6) is 0.298. The number of hydrogen-bond donors (Lipinski definition) is 1. The zero-order valence-corrected chi connectivity index (χ0v) is 10.5. The van der Waals surface area contributed by atoms with E-state index in [1.165, 1.54) is 0 Å². The minimum Gasteiger partial charge on any atom is -0.303 e. The van der Waals surface area contributed by atoms with E-state index in [9.17, 15) is 4.79 Å². The van der Waals surface area contributed by atoms with E-state index in [0.29, 0.717) is 11.8 Å². The second-order valence-electron chi connectivity index (χ2n) is 4.87. The molecule has 1 aliphatic rings. The maximum Gasteiger partial charge on any atom is 0.149 e. The van der Waals surface area contributed by atoms with Crippen LogP contribution in [0.15, 0.2) is 0 Å². The average Bonchev–Trinajstić information content (AvgIpc) is 2.17. The molecule has 0 aromatic heterocycles. The molecule has 15 heavy (non-hydrogen) atoms. The number of carbonyl (C=O) groups excluding carboxylic acids is 1. The van der Waals surface area contributed by atoms with E-state index in [2.05, 4.69) is 31.0 Å². The van der Waals surface area contributed by atoms with Crippen LogP contribution in [0.3, 0.4) is 0 Å². The maximum absolute atomic E-state index is 11.8. The van der Waals surface area contributed by atoms with Crippen molar-refractivity contribution in [2.75, 3.05) is 19.6 Å². The summed E-state index contributed by atoms with van der Waals surface area (Å²) in [5, 5.41) is 3.46. The van der Waals surface area contributed by atoms with Crippen LogP contribution in [-0.2, 0) is 4.79 Å². The molecule has 0 unspecified atom stereocenters. The first-order valence-corrected chi connectivity index (χ1v) is 6.01. The van der Waals surface area contributed by atoms with Gasteiger partial charge < -0.3 is 10.2 Å². The lowest BCUT2D eigenvalue weighted by Gasteiger charge is -2.41. The monoisotopic (exact) mass is 212 g/mol. The first kappa shape index (κ1) is 12.7. The fourth-order valence-corrected chi connectivity index (χ4v) is 2.40. The van der Waals surface area contributed by atoms with Crippen LogP contribution in [-0.4, -0.2) is 41.9 Å². The SMILES string of the molecule is CCN1CCC(NC(C)C)(C(C)=O)CC1. The van der Waals surface area contributed by atoms with Crippen LogP contribution in [0.2, 0.25) is 0 Å². The van der Waals surface area contributed by atoms with Gasteiger partial charge in [-0.15, -0.1) is 0 Å². The minimum atomic E-state index is -0.250. The Labute approximate surface area is 93.2 Å². The number of carbonyl (C=O) groups is 1. The first-order chi connectivity index (χ1) is 7.00. The van der Waals surface area contributed by atoms with Gasteiger partial charge in [0, 0.05) is 19.1 Å². The number of hydrogen-bond acceptors (Lipinski definition) is 3. The Hall–Kier alpha value is -0.410. The second-order valence-corrected chi connectivity index (χ2v) is 4.87. The lowest BCUT2D eigenvalue weighted by molar-refractivity contribution is -0.125. The number of rotatable bonds is 4. The molecule has 1 fully saturated rings. The smallest absolute Gasteiger partial charge is 0.149 e. The topological polar surface area (TPSA) is 32.3 Å². The molecule has 3 nitrogen and oxygen atoms in total. The molecule has 0 spiro atoms. The van der Waals surface area contributed by atoms with E-state index in [0.717, 1.165) is 32.5 Å². The quantitative estimate of drug-likeness (QED) is 0.765. The molecule has 0 radical (unpaired) electrons. The molecule has 0 bridgehead atoms. The van der Waals surface area contributed by atoms with Crippen LogP contribution < -0.4 is 5.32 Å². The van der Waals surface area contributed by atoms with Crippen molar-refractivity contribution in [1.29, 1.82) is 0 Å². The van der Waals surface area contributed by atoms with Crippen LogP contribution in [0.4, 0.5) is 0 Å². The third kappa shape index (κ3) is 3.02. The highest BCUT2D eigenvalue weighted by Gasteiger charge is 2.38. The zero-order valence-electron chi connectivity index (χ0n) is 10.5. The second kappa shape index (κ2) is 5.08. The number of ketones is 1. The van der Waals surface area contributed by atoms with Crippen LogP contribution >= 0.6 is 0 Å². The summed E-state index contributed by atoms with van der Waals surface area (Å²) >= 11 is 0. The molecule has 1 rings (SSSR count). The summed E-state index contributed by atoms with van der Waals surface area (Å²) in [7, 11) is 0.